The number of hydrogen-bond acceptors (Lipinski definition) is 6. The van der Waals surface area contributed by atoms with E-state index in [0.717, 1.165) is 0 Å². The summed E-state index contributed by atoms with van der Waals surface area (Å²) in [5.74, 6) is -0.643. The highest BCUT2D eigenvalue weighted by Gasteiger charge is 2.57. The van der Waals surface area contributed by atoms with Crippen molar-refractivity contribution in [1.82, 2.24) is 5.32 Å². The molecule has 1 aromatic heterocycles. The lowest BCUT2D eigenvalue weighted by atomic mass is 9.76. The van der Waals surface area contributed by atoms with Crippen LogP contribution in [-0.2, 0) is 19.1 Å². The molecule has 7 heteroatoms. The average Bonchev–Trinajstić information content (AvgIpc) is 3.12. The van der Waals surface area contributed by atoms with Crippen molar-refractivity contribution in [2.45, 2.75) is 51.7 Å². The Hall–Kier alpha value is -2.31. The van der Waals surface area contributed by atoms with Gasteiger partial charge < -0.3 is 19.2 Å². The Morgan fingerprint density at radius 3 is 2.54 bits per heavy atom. The predicted molar refractivity (Wildman–Crippen MR) is 84.1 cm³/mol. The predicted octanol–water partition coefficient (Wildman–Crippen LogP) is 2.76. The van der Waals surface area contributed by atoms with Crippen LogP contribution < -0.4 is 5.32 Å². The number of amides is 1. The van der Waals surface area contributed by atoms with E-state index in [1.807, 2.05) is 0 Å². The quantitative estimate of drug-likeness (QED) is 0.670. The first-order chi connectivity index (χ1) is 11.2. The van der Waals surface area contributed by atoms with Gasteiger partial charge in [0.15, 0.2) is 11.2 Å². The third-order valence-corrected chi connectivity index (χ3v) is 4.00. The molecule has 0 saturated heterocycles. The van der Waals surface area contributed by atoms with Crippen molar-refractivity contribution < 1.29 is 28.3 Å². The summed E-state index contributed by atoms with van der Waals surface area (Å²) < 4.78 is 15.5. The third-order valence-electron chi connectivity index (χ3n) is 4.00. The summed E-state index contributed by atoms with van der Waals surface area (Å²) >= 11 is 0. The SMILES string of the molecule is COC(=O)[C@@]1([C@@H](NC(=O)OC(C)(C)C)c2ccco2)CCCC1=O. The lowest BCUT2D eigenvalue weighted by Crippen LogP contribution is -2.50. The van der Waals surface area contributed by atoms with Gasteiger partial charge in [0.25, 0.3) is 0 Å². The maximum absolute atomic E-state index is 12.6. The lowest BCUT2D eigenvalue weighted by molar-refractivity contribution is -0.159. The first-order valence-electron chi connectivity index (χ1n) is 7.85. The van der Waals surface area contributed by atoms with Crippen LogP contribution in [0.15, 0.2) is 22.8 Å². The van der Waals surface area contributed by atoms with Crippen LogP contribution >= 0.6 is 0 Å². The largest absolute Gasteiger partial charge is 0.468 e. The number of carbonyl (C=O) groups excluding carboxylic acids is 3. The Morgan fingerprint density at radius 1 is 1.38 bits per heavy atom. The molecular formula is C17H23NO6. The standard InChI is InChI=1S/C17H23NO6/c1-16(2,3)24-15(21)18-13(11-7-6-10-23-11)17(14(20)22-4)9-5-8-12(17)19/h6-7,10,13H,5,8-9H2,1-4H3,(H,18,21)/t13-,17-/m0/s1. The molecule has 1 heterocycles. The smallest absolute Gasteiger partial charge is 0.408 e. The van der Waals surface area contributed by atoms with Crippen LogP contribution in [0.2, 0.25) is 0 Å². The van der Waals surface area contributed by atoms with Crippen LogP contribution in [0.25, 0.3) is 0 Å². The summed E-state index contributed by atoms with van der Waals surface area (Å²) in [5.41, 5.74) is -2.21. The number of ketones is 1. The molecule has 0 radical (unpaired) electrons. The molecule has 132 valence electrons. The van der Waals surface area contributed by atoms with Crippen LogP contribution in [0.5, 0.6) is 0 Å². The van der Waals surface area contributed by atoms with Crippen molar-refractivity contribution in [3.63, 3.8) is 0 Å². The second-order valence-corrected chi connectivity index (χ2v) is 6.83. The summed E-state index contributed by atoms with van der Waals surface area (Å²) in [6.45, 7) is 5.18. The van der Waals surface area contributed by atoms with E-state index in [4.69, 9.17) is 13.9 Å². The van der Waals surface area contributed by atoms with Gasteiger partial charge in [-0.2, -0.15) is 0 Å². The number of methoxy groups -OCH3 is 1. The number of ether oxygens (including phenoxy) is 2. The minimum atomic E-state index is -1.50. The summed E-state index contributed by atoms with van der Waals surface area (Å²) in [6.07, 6.45) is 1.76. The Bertz CT molecular complexity index is 616. The Morgan fingerprint density at radius 2 is 2.08 bits per heavy atom. The fraction of sp³-hybridized carbons (Fsp3) is 0.588. The summed E-state index contributed by atoms with van der Waals surface area (Å²) in [7, 11) is 1.22. The lowest BCUT2D eigenvalue weighted by Gasteiger charge is -2.33. The molecule has 0 aromatic carbocycles. The van der Waals surface area contributed by atoms with E-state index in [1.165, 1.54) is 13.4 Å². The van der Waals surface area contributed by atoms with E-state index >= 15 is 0 Å². The average molecular weight is 337 g/mol. The molecule has 1 saturated carbocycles. The molecule has 0 aliphatic heterocycles. The summed E-state index contributed by atoms with van der Waals surface area (Å²) in [4.78, 5) is 37.3. The Kier molecular flexibility index (Phi) is 5.01. The van der Waals surface area contributed by atoms with Gasteiger partial charge in [-0.15, -0.1) is 0 Å². The van der Waals surface area contributed by atoms with Crippen LogP contribution in [-0.4, -0.2) is 30.6 Å². The van der Waals surface area contributed by atoms with Crippen LogP contribution in [0.1, 0.15) is 51.8 Å². The van der Waals surface area contributed by atoms with E-state index in [9.17, 15) is 14.4 Å². The number of rotatable bonds is 4. The second kappa shape index (κ2) is 6.67. The zero-order valence-corrected chi connectivity index (χ0v) is 14.4. The van der Waals surface area contributed by atoms with Gasteiger partial charge in [-0.1, -0.05) is 0 Å². The Balaban J connectivity index is 2.40. The number of nitrogens with one attached hydrogen (secondary N) is 1. The van der Waals surface area contributed by atoms with Gasteiger partial charge in [-0.05, 0) is 45.7 Å². The van der Waals surface area contributed by atoms with Gasteiger partial charge in [0.1, 0.15) is 17.4 Å². The molecule has 1 N–H and O–H groups in total. The fourth-order valence-electron chi connectivity index (χ4n) is 3.03. The number of Topliss-reactive ketones (excluding diaryl/α,β-unsaturated/α-hetero) is 1. The number of alkyl carbamates (subject to hydrolysis) is 1. The molecule has 24 heavy (non-hydrogen) atoms. The van der Waals surface area contributed by atoms with Gasteiger partial charge in [-0.25, -0.2) is 4.79 Å². The maximum Gasteiger partial charge on any atom is 0.408 e. The van der Waals surface area contributed by atoms with E-state index in [1.54, 1.807) is 32.9 Å². The van der Waals surface area contributed by atoms with Gasteiger partial charge in [0, 0.05) is 6.42 Å². The van der Waals surface area contributed by atoms with Crippen LogP contribution in [0.3, 0.4) is 0 Å². The number of furan rings is 1. The minimum absolute atomic E-state index is 0.252. The van der Waals surface area contributed by atoms with Gasteiger partial charge in [0.05, 0.1) is 13.4 Å². The van der Waals surface area contributed by atoms with E-state index in [2.05, 4.69) is 5.32 Å². The molecule has 1 aliphatic carbocycles. The molecule has 0 unspecified atom stereocenters. The Labute approximate surface area is 140 Å². The van der Waals surface area contributed by atoms with Gasteiger partial charge >= 0.3 is 12.1 Å². The summed E-state index contributed by atoms with van der Waals surface area (Å²) in [6, 6.07) is 2.26. The number of esters is 1. The molecule has 1 aliphatic rings. The zero-order chi connectivity index (χ0) is 18.0. The van der Waals surface area contributed by atoms with E-state index < -0.39 is 29.1 Å². The minimum Gasteiger partial charge on any atom is -0.468 e. The van der Waals surface area contributed by atoms with Crippen LogP contribution in [0, 0.1) is 5.41 Å². The highest BCUT2D eigenvalue weighted by Crippen LogP contribution is 2.46. The molecule has 1 aromatic rings. The van der Waals surface area contributed by atoms with Crippen molar-refractivity contribution in [1.29, 1.82) is 0 Å². The highest BCUT2D eigenvalue weighted by molar-refractivity contribution is 6.06. The summed E-state index contributed by atoms with van der Waals surface area (Å²) in [5, 5.41) is 2.63. The normalized spacial score (nSPS) is 22.1. The molecule has 0 bridgehead atoms. The number of hydrogen-bond donors (Lipinski definition) is 1. The van der Waals surface area contributed by atoms with E-state index in [-0.39, 0.29) is 18.6 Å². The third kappa shape index (κ3) is 3.44. The monoisotopic (exact) mass is 337 g/mol. The molecule has 1 fully saturated rings. The molecule has 0 spiro atoms. The molecule has 2 atom stereocenters. The molecule has 2 rings (SSSR count). The first-order valence-corrected chi connectivity index (χ1v) is 7.85. The molecular weight excluding hydrogens is 314 g/mol. The zero-order valence-electron chi connectivity index (χ0n) is 14.4. The van der Waals surface area contributed by atoms with Crippen LogP contribution in [0.4, 0.5) is 4.79 Å². The first kappa shape index (κ1) is 18.0. The van der Waals surface area contributed by atoms with Crippen molar-refractivity contribution >= 4 is 17.8 Å². The van der Waals surface area contributed by atoms with Crippen molar-refractivity contribution in [3.8, 4) is 0 Å². The molecule has 7 nitrogen and oxygen atoms in total. The van der Waals surface area contributed by atoms with Crippen molar-refractivity contribution in [2.75, 3.05) is 7.11 Å². The van der Waals surface area contributed by atoms with Crippen molar-refractivity contribution in [2.24, 2.45) is 5.41 Å². The molecule has 1 amide bonds. The number of carbonyl (C=O) groups is 3. The van der Waals surface area contributed by atoms with E-state index in [0.29, 0.717) is 12.2 Å². The van der Waals surface area contributed by atoms with Crippen molar-refractivity contribution in [3.05, 3.63) is 24.2 Å². The highest BCUT2D eigenvalue weighted by atomic mass is 16.6. The van der Waals surface area contributed by atoms with Gasteiger partial charge in [-0.3, -0.25) is 9.59 Å². The maximum atomic E-state index is 12.6. The fourth-order valence-corrected chi connectivity index (χ4v) is 3.03. The van der Waals surface area contributed by atoms with Gasteiger partial charge in [0.2, 0.25) is 0 Å². The topological polar surface area (TPSA) is 94.8 Å². The second-order valence-electron chi connectivity index (χ2n) is 6.83.